The molecule has 0 aliphatic heterocycles. The minimum absolute atomic E-state index is 0.0682. The average molecular weight is 284 g/mol. The number of hydrogen-bond donors (Lipinski definition) is 1. The number of halogens is 1. The first-order valence-corrected chi connectivity index (χ1v) is 6.70. The van der Waals surface area contributed by atoms with Gasteiger partial charge in [-0.3, -0.25) is 0 Å². The third-order valence-corrected chi connectivity index (χ3v) is 3.33. The fraction of sp³-hybridized carbons (Fsp3) is 0.235. The van der Waals surface area contributed by atoms with Crippen molar-refractivity contribution in [3.8, 4) is 11.8 Å². The molecular weight excluding hydrogens is 267 g/mol. The van der Waals surface area contributed by atoms with E-state index in [1.165, 1.54) is 12.1 Å². The van der Waals surface area contributed by atoms with Gasteiger partial charge in [-0.2, -0.15) is 5.26 Å². The zero-order valence-electron chi connectivity index (χ0n) is 12.1. The largest absolute Gasteiger partial charge is 0.496 e. The van der Waals surface area contributed by atoms with Crippen LogP contribution in [0.1, 0.15) is 29.7 Å². The first-order valence-electron chi connectivity index (χ1n) is 6.70. The van der Waals surface area contributed by atoms with Crippen LogP contribution in [0, 0.1) is 17.1 Å². The molecule has 2 aromatic rings. The van der Waals surface area contributed by atoms with Gasteiger partial charge in [0.15, 0.2) is 0 Å². The minimum atomic E-state index is -0.286. The molecule has 1 unspecified atom stereocenters. The van der Waals surface area contributed by atoms with Crippen LogP contribution < -0.4 is 10.1 Å². The lowest BCUT2D eigenvalue weighted by Crippen LogP contribution is -2.19. The van der Waals surface area contributed by atoms with Crippen molar-refractivity contribution in [1.82, 2.24) is 5.32 Å². The molecule has 2 aromatic carbocycles. The summed E-state index contributed by atoms with van der Waals surface area (Å²) in [5, 5.41) is 12.2. The topological polar surface area (TPSA) is 45.0 Å². The summed E-state index contributed by atoms with van der Waals surface area (Å²) in [5.41, 5.74) is 2.41. The van der Waals surface area contributed by atoms with Crippen molar-refractivity contribution >= 4 is 0 Å². The van der Waals surface area contributed by atoms with E-state index in [1.54, 1.807) is 19.2 Å². The van der Waals surface area contributed by atoms with Crippen LogP contribution in [0.3, 0.4) is 0 Å². The van der Waals surface area contributed by atoms with Crippen LogP contribution in [0.15, 0.2) is 42.5 Å². The third kappa shape index (κ3) is 3.80. The van der Waals surface area contributed by atoms with Gasteiger partial charge in [-0.15, -0.1) is 0 Å². The minimum Gasteiger partial charge on any atom is -0.496 e. The molecule has 0 amide bonds. The maximum atomic E-state index is 13.4. The Morgan fingerprint density at radius 1 is 1.29 bits per heavy atom. The number of methoxy groups -OCH3 is 1. The highest BCUT2D eigenvalue weighted by Gasteiger charge is 2.12. The molecule has 0 bridgehead atoms. The van der Waals surface area contributed by atoms with Crippen molar-refractivity contribution in [2.24, 2.45) is 0 Å². The number of nitrogens with one attached hydrogen (secondary N) is 1. The summed E-state index contributed by atoms with van der Waals surface area (Å²) in [6.07, 6.45) is 0. The molecule has 0 saturated heterocycles. The summed E-state index contributed by atoms with van der Waals surface area (Å²) in [6.45, 7) is 2.54. The van der Waals surface area contributed by atoms with E-state index in [2.05, 4.69) is 11.4 Å². The Hall–Kier alpha value is -2.38. The van der Waals surface area contributed by atoms with E-state index >= 15 is 0 Å². The number of nitrogens with zero attached hydrogens (tertiary/aromatic N) is 1. The molecule has 3 nitrogen and oxygen atoms in total. The van der Waals surface area contributed by atoms with Gasteiger partial charge in [-0.25, -0.2) is 4.39 Å². The molecule has 0 aliphatic rings. The predicted molar refractivity (Wildman–Crippen MR) is 79.4 cm³/mol. The summed E-state index contributed by atoms with van der Waals surface area (Å²) in [5.74, 6) is 0.369. The van der Waals surface area contributed by atoms with Gasteiger partial charge in [0.25, 0.3) is 0 Å². The van der Waals surface area contributed by atoms with Crippen LogP contribution in [0.5, 0.6) is 5.75 Å². The average Bonchev–Trinajstić information content (AvgIpc) is 2.52. The van der Waals surface area contributed by atoms with Crippen LogP contribution in [-0.4, -0.2) is 7.11 Å². The van der Waals surface area contributed by atoms with Crippen molar-refractivity contribution < 1.29 is 9.13 Å². The second kappa shape index (κ2) is 6.87. The van der Waals surface area contributed by atoms with E-state index in [-0.39, 0.29) is 11.9 Å². The molecular formula is C17H17FN2O. The summed E-state index contributed by atoms with van der Waals surface area (Å²) in [6, 6.07) is 13.9. The number of ether oxygens (including phenoxy) is 1. The van der Waals surface area contributed by atoms with Gasteiger partial charge in [-0.05, 0) is 42.8 Å². The second-order valence-electron chi connectivity index (χ2n) is 4.80. The van der Waals surface area contributed by atoms with Crippen molar-refractivity contribution in [2.45, 2.75) is 19.5 Å². The Labute approximate surface area is 124 Å². The molecule has 108 valence electrons. The van der Waals surface area contributed by atoms with Gasteiger partial charge in [0.2, 0.25) is 0 Å². The van der Waals surface area contributed by atoms with E-state index in [0.717, 1.165) is 11.1 Å². The van der Waals surface area contributed by atoms with Crippen molar-refractivity contribution in [1.29, 1.82) is 5.26 Å². The van der Waals surface area contributed by atoms with Gasteiger partial charge < -0.3 is 10.1 Å². The lowest BCUT2D eigenvalue weighted by atomic mass is 10.1. The SMILES string of the molecule is COc1ccc(F)cc1C(C)NCc1cccc(C#N)c1. The van der Waals surface area contributed by atoms with Crippen LogP contribution in [0.2, 0.25) is 0 Å². The van der Waals surface area contributed by atoms with Crippen molar-refractivity contribution in [2.75, 3.05) is 7.11 Å². The van der Waals surface area contributed by atoms with Gasteiger partial charge in [0, 0.05) is 18.2 Å². The highest BCUT2D eigenvalue weighted by molar-refractivity contribution is 5.36. The molecule has 4 heteroatoms. The molecule has 0 fully saturated rings. The van der Waals surface area contributed by atoms with Crippen molar-refractivity contribution in [3.63, 3.8) is 0 Å². The van der Waals surface area contributed by atoms with E-state index in [0.29, 0.717) is 17.9 Å². The fourth-order valence-electron chi connectivity index (χ4n) is 2.18. The Balaban J connectivity index is 2.09. The Morgan fingerprint density at radius 3 is 2.81 bits per heavy atom. The molecule has 0 heterocycles. The molecule has 1 N–H and O–H groups in total. The predicted octanol–water partition coefficient (Wildman–Crippen LogP) is 3.56. The van der Waals surface area contributed by atoms with Gasteiger partial charge in [0.1, 0.15) is 11.6 Å². The maximum absolute atomic E-state index is 13.4. The smallest absolute Gasteiger partial charge is 0.123 e. The second-order valence-corrected chi connectivity index (χ2v) is 4.80. The summed E-state index contributed by atoms with van der Waals surface area (Å²) >= 11 is 0. The zero-order valence-corrected chi connectivity index (χ0v) is 12.1. The van der Waals surface area contributed by atoms with Crippen LogP contribution >= 0.6 is 0 Å². The van der Waals surface area contributed by atoms with E-state index in [1.807, 2.05) is 25.1 Å². The number of rotatable bonds is 5. The summed E-state index contributed by atoms with van der Waals surface area (Å²) in [4.78, 5) is 0. The van der Waals surface area contributed by atoms with E-state index < -0.39 is 0 Å². The number of benzene rings is 2. The first-order chi connectivity index (χ1) is 10.1. The van der Waals surface area contributed by atoms with E-state index in [4.69, 9.17) is 10.00 Å². The fourth-order valence-corrected chi connectivity index (χ4v) is 2.18. The number of nitriles is 1. The molecule has 0 radical (unpaired) electrons. The quantitative estimate of drug-likeness (QED) is 0.913. The normalized spacial score (nSPS) is 11.7. The van der Waals surface area contributed by atoms with Crippen molar-refractivity contribution in [3.05, 3.63) is 65.0 Å². The lowest BCUT2D eigenvalue weighted by molar-refractivity contribution is 0.399. The van der Waals surface area contributed by atoms with Crippen LogP contribution in [0.4, 0.5) is 4.39 Å². The number of hydrogen-bond acceptors (Lipinski definition) is 3. The Bertz CT molecular complexity index is 664. The molecule has 0 spiro atoms. The molecule has 0 aliphatic carbocycles. The zero-order chi connectivity index (χ0) is 15.2. The van der Waals surface area contributed by atoms with Crippen LogP contribution in [0.25, 0.3) is 0 Å². The summed E-state index contributed by atoms with van der Waals surface area (Å²) < 4.78 is 18.6. The lowest BCUT2D eigenvalue weighted by Gasteiger charge is -2.17. The molecule has 0 aromatic heterocycles. The molecule has 0 saturated carbocycles. The highest BCUT2D eigenvalue weighted by atomic mass is 19.1. The Morgan fingerprint density at radius 2 is 2.10 bits per heavy atom. The summed E-state index contributed by atoms with van der Waals surface area (Å²) in [7, 11) is 1.57. The highest BCUT2D eigenvalue weighted by Crippen LogP contribution is 2.26. The third-order valence-electron chi connectivity index (χ3n) is 3.33. The monoisotopic (exact) mass is 284 g/mol. The standard InChI is InChI=1S/C17H17FN2O/c1-12(16-9-15(18)6-7-17(16)21-2)20-11-14-5-3-4-13(8-14)10-19/h3-9,12,20H,11H2,1-2H3. The van der Waals surface area contributed by atoms with Crippen LogP contribution in [-0.2, 0) is 6.54 Å². The first kappa shape index (κ1) is 15.0. The van der Waals surface area contributed by atoms with Gasteiger partial charge >= 0.3 is 0 Å². The molecule has 1 atom stereocenters. The molecule has 21 heavy (non-hydrogen) atoms. The Kier molecular flexibility index (Phi) is 4.91. The maximum Gasteiger partial charge on any atom is 0.123 e. The molecule has 2 rings (SSSR count). The van der Waals surface area contributed by atoms with Gasteiger partial charge in [-0.1, -0.05) is 12.1 Å². The van der Waals surface area contributed by atoms with Gasteiger partial charge in [0.05, 0.1) is 18.7 Å². The van der Waals surface area contributed by atoms with E-state index in [9.17, 15) is 4.39 Å².